The summed E-state index contributed by atoms with van der Waals surface area (Å²) >= 11 is 0. The van der Waals surface area contributed by atoms with Crippen molar-refractivity contribution in [2.24, 2.45) is 5.84 Å². The predicted molar refractivity (Wildman–Crippen MR) is 60.3 cm³/mol. The Bertz CT molecular complexity index is 453. The van der Waals surface area contributed by atoms with Gasteiger partial charge in [0, 0.05) is 13.0 Å². The topological polar surface area (TPSA) is 119 Å². The molecule has 0 unspecified atom stereocenters. The third-order valence-corrected chi connectivity index (χ3v) is 2.07. The van der Waals surface area contributed by atoms with E-state index in [1.54, 1.807) is 0 Å². The summed E-state index contributed by atoms with van der Waals surface area (Å²) in [6.45, 7) is -0.110. The third kappa shape index (κ3) is 4.54. The Balaban J connectivity index is 2.70. The number of hydrogen-bond acceptors (Lipinski definition) is 7. The Kier molecular flexibility index (Phi) is 4.80. The van der Waals surface area contributed by atoms with Crippen molar-refractivity contribution in [3.8, 4) is 0 Å². The minimum Gasteiger partial charge on any atom is -0.364 e. The Morgan fingerprint density at radius 3 is 2.53 bits per heavy atom. The van der Waals surface area contributed by atoms with Gasteiger partial charge in [-0.25, -0.2) is 15.8 Å². The van der Waals surface area contributed by atoms with Crippen molar-refractivity contribution < 1.29 is 18.1 Å². The summed E-state index contributed by atoms with van der Waals surface area (Å²) < 4.78 is 35.8. The predicted octanol–water partition coefficient (Wildman–Crippen LogP) is 1.42. The number of hydrogen-bond donors (Lipinski definition) is 3. The standard InChI is InChI=1S/C8H11F3N6O2/c9-8(10,11)2-1-3-13-6-5(17(18)19)7(16-12)15-4-14-6/h4H,1-3,12H2,(H2,13,14,15,16). The largest absolute Gasteiger partial charge is 0.389 e. The summed E-state index contributed by atoms with van der Waals surface area (Å²) in [7, 11) is 0. The first-order chi connectivity index (χ1) is 8.85. The second kappa shape index (κ2) is 6.13. The maximum Gasteiger partial charge on any atom is 0.389 e. The molecule has 0 aliphatic rings. The summed E-state index contributed by atoms with van der Waals surface area (Å²) in [5.41, 5.74) is 1.50. The fraction of sp³-hybridized carbons (Fsp3) is 0.500. The van der Waals surface area contributed by atoms with Gasteiger partial charge in [-0.05, 0) is 6.42 Å². The Morgan fingerprint density at radius 2 is 2.00 bits per heavy atom. The van der Waals surface area contributed by atoms with Crippen LogP contribution in [-0.2, 0) is 0 Å². The first-order valence-corrected chi connectivity index (χ1v) is 5.12. The number of anilines is 2. The highest BCUT2D eigenvalue weighted by Gasteiger charge is 2.26. The van der Waals surface area contributed by atoms with E-state index in [1.807, 2.05) is 5.43 Å². The summed E-state index contributed by atoms with van der Waals surface area (Å²) in [6, 6.07) is 0. The quantitative estimate of drug-likeness (QED) is 0.312. The van der Waals surface area contributed by atoms with Crippen molar-refractivity contribution in [2.75, 3.05) is 17.3 Å². The molecular weight excluding hydrogens is 269 g/mol. The van der Waals surface area contributed by atoms with E-state index in [0.29, 0.717) is 0 Å². The van der Waals surface area contributed by atoms with Gasteiger partial charge in [-0.15, -0.1) is 0 Å². The molecule has 11 heteroatoms. The zero-order valence-electron chi connectivity index (χ0n) is 9.57. The molecular formula is C8H11F3N6O2. The van der Waals surface area contributed by atoms with E-state index in [1.165, 1.54) is 0 Å². The van der Waals surface area contributed by atoms with Crippen LogP contribution in [0.5, 0.6) is 0 Å². The lowest BCUT2D eigenvalue weighted by atomic mass is 10.3. The van der Waals surface area contributed by atoms with Gasteiger partial charge >= 0.3 is 11.9 Å². The highest BCUT2D eigenvalue weighted by atomic mass is 19.4. The smallest absolute Gasteiger partial charge is 0.364 e. The van der Waals surface area contributed by atoms with Crippen molar-refractivity contribution in [3.05, 3.63) is 16.4 Å². The van der Waals surface area contributed by atoms with Gasteiger partial charge in [0.2, 0.25) is 11.6 Å². The monoisotopic (exact) mass is 280 g/mol. The summed E-state index contributed by atoms with van der Waals surface area (Å²) in [5, 5.41) is 13.3. The molecule has 0 saturated heterocycles. The molecule has 0 atom stereocenters. The minimum atomic E-state index is -4.26. The Hall–Kier alpha value is -2.17. The first kappa shape index (κ1) is 14.9. The molecule has 1 aromatic heterocycles. The Labute approximate surface area is 105 Å². The SMILES string of the molecule is NNc1ncnc(NCCCC(F)(F)F)c1[N+](=O)[O-]. The fourth-order valence-electron chi connectivity index (χ4n) is 1.28. The zero-order chi connectivity index (χ0) is 14.5. The second-order valence-electron chi connectivity index (χ2n) is 3.47. The number of alkyl halides is 3. The Morgan fingerprint density at radius 1 is 1.37 bits per heavy atom. The fourth-order valence-corrected chi connectivity index (χ4v) is 1.28. The molecule has 0 aliphatic carbocycles. The average molecular weight is 280 g/mol. The van der Waals surface area contributed by atoms with Crippen molar-refractivity contribution >= 4 is 17.3 Å². The molecule has 1 rings (SSSR count). The number of nitrogens with zero attached hydrogens (tertiary/aromatic N) is 3. The van der Waals surface area contributed by atoms with Gasteiger partial charge in [0.15, 0.2) is 0 Å². The number of hydrazine groups is 1. The maximum atomic E-state index is 11.9. The van der Waals surface area contributed by atoms with Crippen LogP contribution in [0.3, 0.4) is 0 Å². The van der Waals surface area contributed by atoms with E-state index in [2.05, 4.69) is 15.3 Å². The van der Waals surface area contributed by atoms with Gasteiger partial charge in [0.25, 0.3) is 0 Å². The van der Waals surface area contributed by atoms with Crippen molar-refractivity contribution in [1.82, 2.24) is 9.97 Å². The van der Waals surface area contributed by atoms with E-state index in [4.69, 9.17) is 5.84 Å². The minimum absolute atomic E-state index is 0.110. The van der Waals surface area contributed by atoms with Gasteiger partial charge in [-0.1, -0.05) is 0 Å². The molecule has 1 heterocycles. The third-order valence-electron chi connectivity index (χ3n) is 2.07. The van der Waals surface area contributed by atoms with E-state index >= 15 is 0 Å². The van der Waals surface area contributed by atoms with Crippen LogP contribution in [0, 0.1) is 10.1 Å². The molecule has 1 aromatic rings. The normalized spacial score (nSPS) is 11.2. The molecule has 19 heavy (non-hydrogen) atoms. The summed E-state index contributed by atoms with van der Waals surface area (Å²) in [4.78, 5) is 17.2. The van der Waals surface area contributed by atoms with Gasteiger partial charge in [0.1, 0.15) is 6.33 Å². The van der Waals surface area contributed by atoms with Crippen LogP contribution in [0.4, 0.5) is 30.5 Å². The van der Waals surface area contributed by atoms with Gasteiger partial charge in [0.05, 0.1) is 4.92 Å². The van der Waals surface area contributed by atoms with Crippen LogP contribution in [-0.4, -0.2) is 27.6 Å². The number of nitrogen functional groups attached to an aromatic ring is 1. The van der Waals surface area contributed by atoms with E-state index < -0.39 is 23.2 Å². The van der Waals surface area contributed by atoms with Crippen LogP contribution >= 0.6 is 0 Å². The van der Waals surface area contributed by atoms with Crippen molar-refractivity contribution in [2.45, 2.75) is 19.0 Å². The van der Waals surface area contributed by atoms with E-state index in [9.17, 15) is 23.3 Å². The lowest BCUT2D eigenvalue weighted by Crippen LogP contribution is -2.15. The van der Waals surface area contributed by atoms with E-state index in [0.717, 1.165) is 6.33 Å². The number of halogens is 3. The molecule has 0 aromatic carbocycles. The first-order valence-electron chi connectivity index (χ1n) is 5.12. The molecule has 0 bridgehead atoms. The van der Waals surface area contributed by atoms with Crippen LogP contribution < -0.4 is 16.6 Å². The van der Waals surface area contributed by atoms with E-state index in [-0.39, 0.29) is 24.6 Å². The maximum absolute atomic E-state index is 11.9. The molecule has 0 fully saturated rings. The molecule has 0 aliphatic heterocycles. The van der Waals surface area contributed by atoms with Gasteiger partial charge < -0.3 is 10.7 Å². The lowest BCUT2D eigenvalue weighted by molar-refractivity contribution is -0.383. The molecule has 8 nitrogen and oxygen atoms in total. The van der Waals surface area contributed by atoms with Gasteiger partial charge in [-0.2, -0.15) is 13.2 Å². The highest BCUT2D eigenvalue weighted by Crippen LogP contribution is 2.28. The lowest BCUT2D eigenvalue weighted by Gasteiger charge is -2.09. The van der Waals surface area contributed by atoms with Gasteiger partial charge in [-0.3, -0.25) is 10.1 Å². The average Bonchev–Trinajstić information content (AvgIpc) is 2.32. The number of nitrogens with one attached hydrogen (secondary N) is 2. The van der Waals surface area contributed by atoms with Crippen LogP contribution in [0.15, 0.2) is 6.33 Å². The van der Waals surface area contributed by atoms with Crippen LogP contribution in [0.25, 0.3) is 0 Å². The zero-order valence-corrected chi connectivity index (χ0v) is 9.57. The number of nitro groups is 1. The van der Waals surface area contributed by atoms with Crippen LogP contribution in [0.2, 0.25) is 0 Å². The summed E-state index contributed by atoms with van der Waals surface area (Å²) in [6.07, 6.45) is -4.46. The molecule has 0 radical (unpaired) electrons. The number of aromatic nitrogens is 2. The highest BCUT2D eigenvalue weighted by molar-refractivity contribution is 5.68. The summed E-state index contributed by atoms with van der Waals surface area (Å²) in [5.74, 6) is 4.64. The molecule has 0 saturated carbocycles. The molecule has 106 valence electrons. The van der Waals surface area contributed by atoms with Crippen LogP contribution in [0.1, 0.15) is 12.8 Å². The molecule has 0 spiro atoms. The number of nitrogens with two attached hydrogens (primary N) is 1. The molecule has 4 N–H and O–H groups in total. The molecule has 0 amide bonds. The number of rotatable bonds is 6. The van der Waals surface area contributed by atoms with Crippen molar-refractivity contribution in [3.63, 3.8) is 0 Å². The van der Waals surface area contributed by atoms with Crippen molar-refractivity contribution in [1.29, 1.82) is 0 Å². The second-order valence-corrected chi connectivity index (χ2v) is 3.47.